The van der Waals surface area contributed by atoms with E-state index in [9.17, 15) is 24.3 Å². The van der Waals surface area contributed by atoms with E-state index in [4.69, 9.17) is 11.5 Å². The normalized spacial score (nSPS) is 24.6. The van der Waals surface area contributed by atoms with Gasteiger partial charge in [-0.15, -0.1) is 0 Å². The number of carbonyl (C=O) groups excluding carboxylic acids is 4. The van der Waals surface area contributed by atoms with Gasteiger partial charge in [0.1, 0.15) is 17.6 Å². The van der Waals surface area contributed by atoms with Crippen LogP contribution < -0.4 is 16.8 Å². The maximum absolute atomic E-state index is 13.9. The fourth-order valence-electron chi connectivity index (χ4n) is 5.19. The Hall–Kier alpha value is -2.98. The molecule has 2 fully saturated rings. The largest absolute Gasteiger partial charge is 0.391 e. The molecule has 0 radical (unpaired) electrons. The lowest BCUT2D eigenvalue weighted by Gasteiger charge is -2.41. The molecule has 192 valence electrons. The van der Waals surface area contributed by atoms with Gasteiger partial charge in [-0.1, -0.05) is 37.3 Å². The first kappa shape index (κ1) is 26.6. The summed E-state index contributed by atoms with van der Waals surface area (Å²) in [5.41, 5.74) is 11.0. The van der Waals surface area contributed by atoms with Gasteiger partial charge in [0.15, 0.2) is 0 Å². The minimum atomic E-state index is -1.29. The van der Waals surface area contributed by atoms with Crippen molar-refractivity contribution < 1.29 is 24.3 Å². The van der Waals surface area contributed by atoms with Crippen LogP contribution in [0.2, 0.25) is 0 Å². The van der Waals surface area contributed by atoms with Gasteiger partial charge in [-0.2, -0.15) is 0 Å². The van der Waals surface area contributed by atoms with Crippen LogP contribution in [-0.2, 0) is 25.6 Å². The van der Waals surface area contributed by atoms with Crippen LogP contribution in [0.5, 0.6) is 0 Å². The lowest BCUT2D eigenvalue weighted by atomic mass is 9.86. The van der Waals surface area contributed by atoms with Crippen LogP contribution in [-0.4, -0.2) is 81.4 Å². The molecule has 5 atom stereocenters. The van der Waals surface area contributed by atoms with Gasteiger partial charge in [-0.05, 0) is 44.6 Å². The molecule has 2 heterocycles. The molecule has 6 N–H and O–H groups in total. The Morgan fingerprint density at radius 1 is 1.17 bits per heavy atom. The number of benzene rings is 1. The van der Waals surface area contributed by atoms with Crippen LogP contribution in [0.1, 0.15) is 51.5 Å². The average Bonchev–Trinajstić information content (AvgIpc) is 3.49. The van der Waals surface area contributed by atoms with Crippen molar-refractivity contribution in [2.75, 3.05) is 13.1 Å². The Balaban J connectivity index is 1.96. The molecule has 1 aromatic carbocycles. The molecule has 0 aliphatic carbocycles. The van der Waals surface area contributed by atoms with Gasteiger partial charge in [0.25, 0.3) is 0 Å². The van der Waals surface area contributed by atoms with E-state index in [2.05, 4.69) is 5.32 Å². The lowest BCUT2D eigenvalue weighted by Crippen LogP contribution is -2.65. The van der Waals surface area contributed by atoms with Crippen LogP contribution >= 0.6 is 0 Å². The zero-order valence-electron chi connectivity index (χ0n) is 20.5. The van der Waals surface area contributed by atoms with Gasteiger partial charge < -0.3 is 31.7 Å². The quantitative estimate of drug-likeness (QED) is 0.373. The fourth-order valence-corrected chi connectivity index (χ4v) is 5.19. The summed E-state index contributed by atoms with van der Waals surface area (Å²) in [4.78, 5) is 55.5. The third kappa shape index (κ3) is 5.48. The van der Waals surface area contributed by atoms with Gasteiger partial charge >= 0.3 is 0 Å². The van der Waals surface area contributed by atoms with E-state index in [-0.39, 0.29) is 18.2 Å². The van der Waals surface area contributed by atoms with Crippen molar-refractivity contribution in [2.24, 2.45) is 11.5 Å². The molecule has 3 rings (SSSR count). The van der Waals surface area contributed by atoms with Crippen molar-refractivity contribution in [3.05, 3.63) is 35.9 Å². The zero-order valence-corrected chi connectivity index (χ0v) is 20.5. The van der Waals surface area contributed by atoms with Crippen molar-refractivity contribution >= 4 is 23.6 Å². The summed E-state index contributed by atoms with van der Waals surface area (Å²) in [5, 5.41) is 12.6. The molecule has 1 aromatic rings. The standard InChI is InChI=1S/C25H37N5O5/c1-3-18(26)22(33)29-13-7-11-19(29)23(34)30-14-8-12-25(30,15-17-9-5-4-6-10-17)24(35)28-20(16(2)31)21(27)32/h4-6,9-10,16,18-20,31H,3,7-8,11-15,26H2,1-2H3,(H2,27,32)(H,28,35)/t16-,18?,19+,20?,25-/m1/s1. The maximum atomic E-state index is 13.9. The summed E-state index contributed by atoms with van der Waals surface area (Å²) in [6.45, 7) is 3.98. The molecule has 0 spiro atoms. The van der Waals surface area contributed by atoms with Crippen LogP contribution in [0.15, 0.2) is 30.3 Å². The number of aliphatic hydroxyl groups excluding tert-OH is 1. The summed E-state index contributed by atoms with van der Waals surface area (Å²) in [7, 11) is 0. The number of aliphatic hydroxyl groups is 1. The number of primary amides is 1. The Morgan fingerprint density at radius 2 is 1.86 bits per heavy atom. The first-order valence-electron chi connectivity index (χ1n) is 12.3. The third-order valence-corrected chi connectivity index (χ3v) is 7.17. The van der Waals surface area contributed by atoms with E-state index < -0.39 is 41.6 Å². The number of likely N-dealkylation sites (tertiary alicyclic amines) is 2. The molecule has 2 aliphatic heterocycles. The molecule has 0 aromatic heterocycles. The number of carbonyl (C=O) groups is 4. The van der Waals surface area contributed by atoms with E-state index in [1.165, 1.54) is 6.92 Å². The molecule has 10 nitrogen and oxygen atoms in total. The molecular weight excluding hydrogens is 450 g/mol. The lowest BCUT2D eigenvalue weighted by molar-refractivity contribution is -0.152. The smallest absolute Gasteiger partial charge is 0.247 e. The highest BCUT2D eigenvalue weighted by atomic mass is 16.3. The second kappa shape index (κ2) is 11.2. The highest BCUT2D eigenvalue weighted by molar-refractivity contribution is 5.98. The van der Waals surface area contributed by atoms with E-state index in [0.717, 1.165) is 5.56 Å². The summed E-state index contributed by atoms with van der Waals surface area (Å²) in [5.74, 6) is -1.96. The summed E-state index contributed by atoms with van der Waals surface area (Å²) in [6.07, 6.45) is 1.62. The van der Waals surface area contributed by atoms with E-state index in [1.807, 2.05) is 37.3 Å². The van der Waals surface area contributed by atoms with Gasteiger partial charge in [0.2, 0.25) is 23.6 Å². The first-order valence-corrected chi connectivity index (χ1v) is 12.3. The van der Waals surface area contributed by atoms with Gasteiger partial charge in [-0.25, -0.2) is 0 Å². The number of hydrogen-bond donors (Lipinski definition) is 4. The number of nitrogens with one attached hydrogen (secondary N) is 1. The Morgan fingerprint density at radius 3 is 2.46 bits per heavy atom. The predicted octanol–water partition coefficient (Wildman–Crippen LogP) is -0.330. The van der Waals surface area contributed by atoms with E-state index in [0.29, 0.717) is 45.2 Å². The molecule has 0 bridgehead atoms. The van der Waals surface area contributed by atoms with Gasteiger partial charge in [0, 0.05) is 19.5 Å². The van der Waals surface area contributed by atoms with Crippen LogP contribution in [0, 0.1) is 0 Å². The van der Waals surface area contributed by atoms with Crippen molar-refractivity contribution in [1.82, 2.24) is 15.1 Å². The highest BCUT2D eigenvalue weighted by Gasteiger charge is 2.53. The minimum absolute atomic E-state index is 0.228. The molecule has 10 heteroatoms. The van der Waals surface area contributed by atoms with Crippen molar-refractivity contribution in [1.29, 1.82) is 0 Å². The first-order chi connectivity index (χ1) is 16.6. The highest BCUT2D eigenvalue weighted by Crippen LogP contribution is 2.36. The van der Waals surface area contributed by atoms with Crippen molar-refractivity contribution in [3.8, 4) is 0 Å². The Labute approximate surface area is 206 Å². The Kier molecular flexibility index (Phi) is 8.50. The topological polar surface area (TPSA) is 159 Å². The summed E-state index contributed by atoms with van der Waals surface area (Å²) in [6, 6.07) is 6.67. The average molecular weight is 488 g/mol. The van der Waals surface area contributed by atoms with Crippen LogP contribution in [0.25, 0.3) is 0 Å². The second-order valence-electron chi connectivity index (χ2n) is 9.59. The van der Waals surface area contributed by atoms with Crippen molar-refractivity contribution in [2.45, 2.75) is 82.1 Å². The molecule has 2 saturated heterocycles. The minimum Gasteiger partial charge on any atom is -0.391 e. The van der Waals surface area contributed by atoms with Gasteiger partial charge in [-0.3, -0.25) is 19.2 Å². The monoisotopic (exact) mass is 487 g/mol. The maximum Gasteiger partial charge on any atom is 0.247 e. The molecule has 2 unspecified atom stereocenters. The number of hydrogen-bond acceptors (Lipinski definition) is 6. The number of nitrogens with two attached hydrogens (primary N) is 2. The summed E-state index contributed by atoms with van der Waals surface area (Å²) >= 11 is 0. The Bertz CT molecular complexity index is 939. The molecular formula is C25H37N5O5. The second-order valence-corrected chi connectivity index (χ2v) is 9.59. The number of amides is 4. The zero-order chi connectivity index (χ0) is 25.8. The third-order valence-electron chi connectivity index (χ3n) is 7.17. The van der Waals surface area contributed by atoms with Gasteiger partial charge in [0.05, 0.1) is 12.1 Å². The molecule has 35 heavy (non-hydrogen) atoms. The SMILES string of the molecule is CCC(N)C(=O)N1CCC[C@H]1C(=O)N1CCC[C@@]1(Cc1ccccc1)C(=O)NC(C(N)=O)[C@@H](C)O. The fraction of sp³-hybridized carbons (Fsp3) is 0.600. The molecule has 0 saturated carbocycles. The van der Waals surface area contributed by atoms with E-state index >= 15 is 0 Å². The molecule has 2 aliphatic rings. The molecule has 4 amide bonds. The van der Waals surface area contributed by atoms with Crippen molar-refractivity contribution in [3.63, 3.8) is 0 Å². The number of nitrogens with zero attached hydrogens (tertiary/aromatic N) is 2. The predicted molar refractivity (Wildman–Crippen MR) is 130 cm³/mol. The number of rotatable bonds is 9. The summed E-state index contributed by atoms with van der Waals surface area (Å²) < 4.78 is 0. The van der Waals surface area contributed by atoms with Crippen LogP contribution in [0.4, 0.5) is 0 Å². The van der Waals surface area contributed by atoms with Crippen LogP contribution in [0.3, 0.4) is 0 Å². The van der Waals surface area contributed by atoms with E-state index in [1.54, 1.807) is 9.80 Å².